The Morgan fingerprint density at radius 2 is 2.00 bits per heavy atom. The zero-order valence-corrected chi connectivity index (χ0v) is 15.1. The molecule has 0 fully saturated rings. The lowest BCUT2D eigenvalue weighted by molar-refractivity contribution is -0.113. The van der Waals surface area contributed by atoms with Crippen molar-refractivity contribution in [3.05, 3.63) is 52.0 Å². The Labute approximate surface area is 150 Å². The lowest BCUT2D eigenvalue weighted by Crippen LogP contribution is -2.15. The van der Waals surface area contributed by atoms with Crippen LogP contribution in [0.2, 0.25) is 5.02 Å². The molecule has 3 rings (SSSR count). The van der Waals surface area contributed by atoms with Crippen molar-refractivity contribution in [1.29, 1.82) is 0 Å². The van der Waals surface area contributed by atoms with Crippen LogP contribution < -0.4 is 14.8 Å². The number of hydrogen-bond donors (Lipinski definition) is 1. The highest BCUT2D eigenvalue weighted by atomic mass is 35.5. The van der Waals surface area contributed by atoms with E-state index in [2.05, 4.69) is 5.32 Å². The smallest absolute Gasteiger partial charge is 0.234 e. The van der Waals surface area contributed by atoms with Crippen LogP contribution in [0.5, 0.6) is 11.5 Å². The minimum atomic E-state index is -0.0606. The molecule has 0 aliphatic carbocycles. The number of anilines is 1. The molecule has 1 N–H and O–H groups in total. The van der Waals surface area contributed by atoms with Crippen molar-refractivity contribution in [2.24, 2.45) is 0 Å². The quantitative estimate of drug-likeness (QED) is 0.846. The molecule has 126 valence electrons. The predicted molar refractivity (Wildman–Crippen MR) is 98.3 cm³/mol. The summed E-state index contributed by atoms with van der Waals surface area (Å²) in [7, 11) is 0. The average molecular weight is 364 g/mol. The van der Waals surface area contributed by atoms with Crippen LogP contribution in [0.4, 0.5) is 5.69 Å². The molecule has 0 unspecified atom stereocenters. The molecule has 0 atom stereocenters. The van der Waals surface area contributed by atoms with Gasteiger partial charge in [0.2, 0.25) is 12.7 Å². The Hall–Kier alpha value is -1.85. The fraction of sp³-hybridized carbons (Fsp3) is 0.278. The second kappa shape index (κ2) is 7.36. The number of nitrogens with one attached hydrogen (secondary N) is 1. The molecule has 0 bridgehead atoms. The molecule has 1 amide bonds. The first kappa shape index (κ1) is 17.0. The second-order valence-corrected chi connectivity index (χ2v) is 7.06. The molecule has 0 saturated heterocycles. The summed E-state index contributed by atoms with van der Waals surface area (Å²) in [5.74, 6) is 2.56. The summed E-state index contributed by atoms with van der Waals surface area (Å²) in [5.41, 5.74) is 3.83. The summed E-state index contributed by atoms with van der Waals surface area (Å²) in [6.45, 7) is 4.19. The van der Waals surface area contributed by atoms with E-state index in [9.17, 15) is 4.79 Å². The van der Waals surface area contributed by atoms with Crippen molar-refractivity contribution in [2.45, 2.75) is 19.6 Å². The predicted octanol–water partition coefficient (Wildman–Crippen LogP) is 4.56. The van der Waals surface area contributed by atoms with Crippen LogP contribution in [0, 0.1) is 13.8 Å². The van der Waals surface area contributed by atoms with Crippen LogP contribution >= 0.6 is 23.4 Å². The van der Waals surface area contributed by atoms with Gasteiger partial charge in [-0.25, -0.2) is 0 Å². The summed E-state index contributed by atoms with van der Waals surface area (Å²) in [6, 6.07) is 9.69. The van der Waals surface area contributed by atoms with Crippen molar-refractivity contribution < 1.29 is 14.3 Å². The number of rotatable bonds is 5. The van der Waals surface area contributed by atoms with E-state index < -0.39 is 0 Å². The van der Waals surface area contributed by atoms with Crippen molar-refractivity contribution >= 4 is 35.0 Å². The third-order valence-corrected chi connectivity index (χ3v) is 4.94. The van der Waals surface area contributed by atoms with Gasteiger partial charge in [0.15, 0.2) is 11.5 Å². The van der Waals surface area contributed by atoms with Gasteiger partial charge in [-0.15, -0.1) is 11.8 Å². The zero-order valence-electron chi connectivity index (χ0n) is 13.5. The van der Waals surface area contributed by atoms with Gasteiger partial charge in [-0.1, -0.05) is 23.7 Å². The molecule has 24 heavy (non-hydrogen) atoms. The summed E-state index contributed by atoms with van der Waals surface area (Å²) in [6.07, 6.45) is 0. The van der Waals surface area contributed by atoms with Gasteiger partial charge in [0.05, 0.1) is 16.5 Å². The van der Waals surface area contributed by atoms with Gasteiger partial charge in [-0.2, -0.15) is 0 Å². The Balaban J connectivity index is 1.53. The van der Waals surface area contributed by atoms with Gasteiger partial charge >= 0.3 is 0 Å². The number of thioether (sulfide) groups is 1. The molecule has 2 aromatic carbocycles. The number of aryl methyl sites for hydroxylation is 2. The fourth-order valence-corrected chi connectivity index (χ4v) is 3.69. The Morgan fingerprint density at radius 3 is 2.79 bits per heavy atom. The van der Waals surface area contributed by atoms with E-state index in [1.165, 1.54) is 0 Å². The molecule has 0 saturated carbocycles. The molecule has 0 spiro atoms. The molecule has 6 heteroatoms. The number of benzene rings is 2. The molecular weight excluding hydrogens is 346 g/mol. The minimum Gasteiger partial charge on any atom is -0.454 e. The first-order valence-electron chi connectivity index (χ1n) is 7.56. The molecule has 1 heterocycles. The number of hydrogen-bond acceptors (Lipinski definition) is 4. The third-order valence-electron chi connectivity index (χ3n) is 3.64. The van der Waals surface area contributed by atoms with Gasteiger partial charge < -0.3 is 14.8 Å². The number of amides is 1. The average Bonchev–Trinajstić information content (AvgIpc) is 2.98. The summed E-state index contributed by atoms with van der Waals surface area (Å²) in [5, 5.41) is 3.47. The molecule has 1 aliphatic rings. The highest BCUT2D eigenvalue weighted by Crippen LogP contribution is 2.33. The van der Waals surface area contributed by atoms with Gasteiger partial charge in [0.25, 0.3) is 0 Å². The van der Waals surface area contributed by atoms with E-state index in [1.807, 2.05) is 44.2 Å². The van der Waals surface area contributed by atoms with Gasteiger partial charge in [-0.3, -0.25) is 4.79 Å². The maximum Gasteiger partial charge on any atom is 0.234 e. The summed E-state index contributed by atoms with van der Waals surface area (Å²) in [4.78, 5) is 12.1. The summed E-state index contributed by atoms with van der Waals surface area (Å²) < 4.78 is 10.6. The number of halogens is 1. The van der Waals surface area contributed by atoms with Crippen LogP contribution in [0.1, 0.15) is 16.7 Å². The number of fused-ring (bicyclic) bond motifs is 1. The molecule has 0 radical (unpaired) electrons. The van der Waals surface area contributed by atoms with Crippen LogP contribution in [0.3, 0.4) is 0 Å². The van der Waals surface area contributed by atoms with E-state index in [1.54, 1.807) is 11.8 Å². The normalized spacial score (nSPS) is 12.3. The fourth-order valence-electron chi connectivity index (χ4n) is 2.54. The van der Waals surface area contributed by atoms with Gasteiger partial charge in [-0.05, 0) is 48.7 Å². The molecule has 4 nitrogen and oxygen atoms in total. The van der Waals surface area contributed by atoms with Crippen molar-refractivity contribution in [3.8, 4) is 11.5 Å². The topological polar surface area (TPSA) is 47.6 Å². The van der Waals surface area contributed by atoms with Crippen molar-refractivity contribution in [1.82, 2.24) is 0 Å². The molecule has 2 aromatic rings. The molecular formula is C18H18ClNO3S. The Bertz CT molecular complexity index is 756. The monoisotopic (exact) mass is 363 g/mol. The third kappa shape index (κ3) is 3.97. The highest BCUT2D eigenvalue weighted by Gasteiger charge is 2.14. The van der Waals surface area contributed by atoms with Crippen LogP contribution in [0.25, 0.3) is 0 Å². The van der Waals surface area contributed by atoms with Gasteiger partial charge in [0, 0.05) is 5.75 Å². The zero-order chi connectivity index (χ0) is 17.1. The Kier molecular flexibility index (Phi) is 5.21. The lowest BCUT2D eigenvalue weighted by Gasteiger charge is -2.11. The van der Waals surface area contributed by atoms with E-state index >= 15 is 0 Å². The minimum absolute atomic E-state index is 0.0606. The molecule has 0 aromatic heterocycles. The standard InChI is InChI=1S/C18H18ClNO3S/c1-11-5-12(2)18(14(19)6-11)20-17(21)9-24-8-13-3-4-15-16(7-13)23-10-22-15/h3-7H,8-10H2,1-2H3,(H,20,21). The van der Waals surface area contributed by atoms with E-state index in [4.69, 9.17) is 21.1 Å². The van der Waals surface area contributed by atoms with E-state index in [-0.39, 0.29) is 12.7 Å². The lowest BCUT2D eigenvalue weighted by atomic mass is 10.1. The highest BCUT2D eigenvalue weighted by molar-refractivity contribution is 7.99. The first-order chi connectivity index (χ1) is 11.5. The SMILES string of the molecule is Cc1cc(C)c(NC(=O)CSCc2ccc3c(c2)OCO3)c(Cl)c1. The molecule has 1 aliphatic heterocycles. The maximum absolute atomic E-state index is 12.1. The van der Waals surface area contributed by atoms with Crippen LogP contribution in [-0.4, -0.2) is 18.5 Å². The number of ether oxygens (including phenoxy) is 2. The largest absolute Gasteiger partial charge is 0.454 e. The van der Waals surface area contributed by atoms with Crippen molar-refractivity contribution in [3.63, 3.8) is 0 Å². The summed E-state index contributed by atoms with van der Waals surface area (Å²) >= 11 is 7.76. The maximum atomic E-state index is 12.1. The van der Waals surface area contributed by atoms with Crippen LogP contribution in [0.15, 0.2) is 30.3 Å². The van der Waals surface area contributed by atoms with E-state index in [0.717, 1.165) is 33.9 Å². The van der Waals surface area contributed by atoms with E-state index in [0.29, 0.717) is 16.5 Å². The first-order valence-corrected chi connectivity index (χ1v) is 9.09. The van der Waals surface area contributed by atoms with Gasteiger partial charge in [0.1, 0.15) is 0 Å². The second-order valence-electron chi connectivity index (χ2n) is 5.67. The Morgan fingerprint density at radius 1 is 1.21 bits per heavy atom. The van der Waals surface area contributed by atoms with Crippen molar-refractivity contribution in [2.75, 3.05) is 17.9 Å². The van der Waals surface area contributed by atoms with Crippen LogP contribution in [-0.2, 0) is 10.5 Å². The number of carbonyl (C=O) groups excluding carboxylic acids is 1. The number of carbonyl (C=O) groups is 1.